The minimum atomic E-state index is 0.857. The molecular weight excluding hydrogens is 196 g/mol. The molecule has 2 nitrogen and oxygen atoms in total. The van der Waals surface area contributed by atoms with Crippen LogP contribution in [0.3, 0.4) is 0 Å². The van der Waals surface area contributed by atoms with Crippen molar-refractivity contribution in [2.75, 3.05) is 26.2 Å². The summed E-state index contributed by atoms with van der Waals surface area (Å²) in [6.45, 7) is 9.55. The summed E-state index contributed by atoms with van der Waals surface area (Å²) in [4.78, 5) is 2.71. The zero-order valence-electron chi connectivity index (χ0n) is 11.3. The summed E-state index contributed by atoms with van der Waals surface area (Å²) in [5.74, 6) is 0. The van der Waals surface area contributed by atoms with Crippen LogP contribution in [0.5, 0.6) is 0 Å². The van der Waals surface area contributed by atoms with E-state index < -0.39 is 0 Å². The lowest BCUT2D eigenvalue weighted by molar-refractivity contribution is 0.195. The molecule has 1 fully saturated rings. The van der Waals surface area contributed by atoms with Gasteiger partial charge < -0.3 is 5.32 Å². The third kappa shape index (κ3) is 5.31. The number of nitrogens with one attached hydrogen (secondary N) is 1. The quantitative estimate of drug-likeness (QED) is 0.671. The van der Waals surface area contributed by atoms with Crippen molar-refractivity contribution >= 4 is 0 Å². The second kappa shape index (κ2) is 9.00. The fraction of sp³-hybridized carbons (Fsp3) is 1.00. The Kier molecular flexibility index (Phi) is 7.87. The molecule has 0 amide bonds. The summed E-state index contributed by atoms with van der Waals surface area (Å²) in [5, 5.41) is 3.56. The van der Waals surface area contributed by atoms with Crippen molar-refractivity contribution in [2.24, 2.45) is 0 Å². The summed E-state index contributed by atoms with van der Waals surface area (Å²) in [6.07, 6.45) is 9.66. The molecule has 0 spiro atoms. The molecule has 1 unspecified atom stereocenters. The number of likely N-dealkylation sites (tertiary alicyclic amines) is 1. The highest BCUT2D eigenvalue weighted by molar-refractivity contribution is 4.74. The number of nitrogens with zero attached hydrogens (tertiary/aromatic N) is 1. The maximum absolute atomic E-state index is 3.56. The minimum Gasteiger partial charge on any atom is -0.315 e. The van der Waals surface area contributed by atoms with Gasteiger partial charge >= 0.3 is 0 Å². The first kappa shape index (κ1) is 14.0. The predicted molar refractivity (Wildman–Crippen MR) is 71.9 cm³/mol. The molecule has 2 heteroatoms. The second-order valence-corrected chi connectivity index (χ2v) is 5.05. The Morgan fingerprint density at radius 1 is 1.12 bits per heavy atom. The Morgan fingerprint density at radius 3 is 2.75 bits per heavy atom. The first-order chi connectivity index (χ1) is 7.88. The van der Waals surface area contributed by atoms with Crippen LogP contribution in [0.4, 0.5) is 0 Å². The summed E-state index contributed by atoms with van der Waals surface area (Å²) < 4.78 is 0. The van der Waals surface area contributed by atoms with Crippen LogP contribution in [-0.4, -0.2) is 37.1 Å². The molecule has 0 bridgehead atoms. The first-order valence-corrected chi connectivity index (χ1v) is 7.33. The van der Waals surface area contributed by atoms with Gasteiger partial charge in [0, 0.05) is 19.1 Å². The van der Waals surface area contributed by atoms with Gasteiger partial charge in [0.15, 0.2) is 0 Å². The highest BCUT2D eigenvalue weighted by atomic mass is 15.2. The maximum atomic E-state index is 3.56. The molecule has 1 aliphatic rings. The van der Waals surface area contributed by atoms with Gasteiger partial charge in [-0.25, -0.2) is 0 Å². The third-order valence-corrected chi connectivity index (χ3v) is 3.75. The van der Waals surface area contributed by atoms with Crippen molar-refractivity contribution in [3.05, 3.63) is 0 Å². The lowest BCUT2D eigenvalue weighted by atomic mass is 10.1. The van der Waals surface area contributed by atoms with E-state index in [4.69, 9.17) is 0 Å². The van der Waals surface area contributed by atoms with Crippen molar-refractivity contribution in [1.29, 1.82) is 0 Å². The van der Waals surface area contributed by atoms with Crippen LogP contribution in [-0.2, 0) is 0 Å². The fourth-order valence-electron chi connectivity index (χ4n) is 2.64. The molecule has 16 heavy (non-hydrogen) atoms. The monoisotopic (exact) mass is 226 g/mol. The first-order valence-electron chi connectivity index (χ1n) is 7.33. The van der Waals surface area contributed by atoms with Crippen LogP contribution in [0.2, 0.25) is 0 Å². The average Bonchev–Trinajstić information content (AvgIpc) is 2.53. The molecule has 1 rings (SSSR count). The predicted octanol–water partition coefficient (Wildman–Crippen LogP) is 3.03. The van der Waals surface area contributed by atoms with Crippen molar-refractivity contribution in [2.45, 2.75) is 64.8 Å². The SMILES string of the molecule is CCCCNCCN1CCCCCC1CC. The van der Waals surface area contributed by atoms with Crippen molar-refractivity contribution in [3.8, 4) is 0 Å². The zero-order valence-corrected chi connectivity index (χ0v) is 11.3. The van der Waals surface area contributed by atoms with Gasteiger partial charge in [-0.3, -0.25) is 4.90 Å². The summed E-state index contributed by atoms with van der Waals surface area (Å²) >= 11 is 0. The van der Waals surface area contributed by atoms with Gasteiger partial charge in [-0.1, -0.05) is 33.1 Å². The standard InChI is InChI=1S/C14H30N2/c1-3-5-10-15-11-13-16-12-8-6-7-9-14(16)4-2/h14-15H,3-13H2,1-2H3. The van der Waals surface area contributed by atoms with E-state index >= 15 is 0 Å². The smallest absolute Gasteiger partial charge is 0.0110 e. The normalized spacial score (nSPS) is 23.2. The fourth-order valence-corrected chi connectivity index (χ4v) is 2.64. The van der Waals surface area contributed by atoms with Gasteiger partial charge in [0.05, 0.1) is 0 Å². The number of unbranched alkanes of at least 4 members (excludes halogenated alkanes) is 1. The highest BCUT2D eigenvalue weighted by Gasteiger charge is 2.18. The minimum absolute atomic E-state index is 0.857. The van der Waals surface area contributed by atoms with Crippen molar-refractivity contribution in [1.82, 2.24) is 10.2 Å². The van der Waals surface area contributed by atoms with Gasteiger partial charge in [-0.15, -0.1) is 0 Å². The Balaban J connectivity index is 2.15. The zero-order chi connectivity index (χ0) is 11.6. The molecular formula is C14H30N2. The molecule has 1 aliphatic heterocycles. The molecule has 0 aromatic rings. The Bertz CT molecular complexity index is 159. The van der Waals surface area contributed by atoms with E-state index in [-0.39, 0.29) is 0 Å². The Hall–Kier alpha value is -0.0800. The van der Waals surface area contributed by atoms with E-state index in [9.17, 15) is 0 Å². The molecule has 0 aromatic carbocycles. The molecule has 0 radical (unpaired) electrons. The van der Waals surface area contributed by atoms with Gasteiger partial charge in [0.2, 0.25) is 0 Å². The summed E-state index contributed by atoms with van der Waals surface area (Å²) in [5.41, 5.74) is 0. The molecule has 1 N–H and O–H groups in total. The number of hydrogen-bond donors (Lipinski definition) is 1. The van der Waals surface area contributed by atoms with Gasteiger partial charge in [0.1, 0.15) is 0 Å². The van der Waals surface area contributed by atoms with Gasteiger partial charge in [-0.05, 0) is 38.8 Å². The van der Waals surface area contributed by atoms with E-state index in [2.05, 4.69) is 24.1 Å². The third-order valence-electron chi connectivity index (χ3n) is 3.75. The van der Waals surface area contributed by atoms with Crippen LogP contribution in [0.25, 0.3) is 0 Å². The molecule has 0 saturated carbocycles. The molecule has 1 heterocycles. The summed E-state index contributed by atoms with van der Waals surface area (Å²) in [7, 11) is 0. The van der Waals surface area contributed by atoms with Crippen LogP contribution >= 0.6 is 0 Å². The van der Waals surface area contributed by atoms with Crippen LogP contribution in [0.15, 0.2) is 0 Å². The lowest BCUT2D eigenvalue weighted by Crippen LogP contribution is -2.39. The molecule has 96 valence electrons. The highest BCUT2D eigenvalue weighted by Crippen LogP contribution is 2.18. The van der Waals surface area contributed by atoms with Crippen LogP contribution in [0, 0.1) is 0 Å². The van der Waals surface area contributed by atoms with Crippen molar-refractivity contribution < 1.29 is 0 Å². The maximum Gasteiger partial charge on any atom is 0.0110 e. The number of hydrogen-bond acceptors (Lipinski definition) is 2. The molecule has 1 saturated heterocycles. The van der Waals surface area contributed by atoms with Crippen LogP contribution < -0.4 is 5.32 Å². The lowest BCUT2D eigenvalue weighted by Gasteiger charge is -2.29. The van der Waals surface area contributed by atoms with Crippen molar-refractivity contribution in [3.63, 3.8) is 0 Å². The average molecular weight is 226 g/mol. The van der Waals surface area contributed by atoms with E-state index in [0.717, 1.165) is 6.04 Å². The Morgan fingerprint density at radius 2 is 2.00 bits per heavy atom. The van der Waals surface area contributed by atoms with Gasteiger partial charge in [0.25, 0.3) is 0 Å². The second-order valence-electron chi connectivity index (χ2n) is 5.05. The van der Waals surface area contributed by atoms with E-state index in [0.29, 0.717) is 0 Å². The summed E-state index contributed by atoms with van der Waals surface area (Å²) in [6, 6.07) is 0.857. The topological polar surface area (TPSA) is 15.3 Å². The molecule has 0 aromatic heterocycles. The van der Waals surface area contributed by atoms with E-state index in [1.165, 1.54) is 71.1 Å². The van der Waals surface area contributed by atoms with E-state index in [1.54, 1.807) is 0 Å². The van der Waals surface area contributed by atoms with Gasteiger partial charge in [-0.2, -0.15) is 0 Å². The number of rotatable bonds is 7. The molecule has 0 aliphatic carbocycles. The van der Waals surface area contributed by atoms with Crippen LogP contribution in [0.1, 0.15) is 58.8 Å². The molecule has 1 atom stereocenters. The van der Waals surface area contributed by atoms with E-state index in [1.807, 2.05) is 0 Å². The Labute approximate surface area is 102 Å². The largest absolute Gasteiger partial charge is 0.315 e.